The number of carboxylic acid groups (broad SMARTS) is 1. The number of alkyl carbamates (subject to hydrolysis) is 1. The summed E-state index contributed by atoms with van der Waals surface area (Å²) in [6, 6.07) is 9.37. The van der Waals surface area contributed by atoms with Crippen LogP contribution in [0, 0.1) is 0 Å². The van der Waals surface area contributed by atoms with Gasteiger partial charge in [-0.15, -0.1) is 0 Å². The predicted molar refractivity (Wildman–Crippen MR) is 86.6 cm³/mol. The summed E-state index contributed by atoms with van der Waals surface area (Å²) in [7, 11) is 0. The molecule has 0 aliphatic heterocycles. The number of hydrogen-bond donors (Lipinski definition) is 2. The Hall–Kier alpha value is -3.24. The van der Waals surface area contributed by atoms with Gasteiger partial charge in [-0.2, -0.15) is 26.3 Å². The summed E-state index contributed by atoms with van der Waals surface area (Å²) in [6.07, 6.45) is -12.5. The molecule has 0 spiro atoms. The number of alkyl halides is 6. The minimum absolute atomic E-state index is 0.0130. The molecule has 0 aliphatic rings. The number of rotatable bonds is 5. The smallest absolute Gasteiger partial charge is 0.426 e. The zero-order valence-electron chi connectivity index (χ0n) is 14.3. The molecular formula is C18H13F6NO4. The molecule has 2 aromatic carbocycles. The number of carbonyl (C=O) groups excluding carboxylic acids is 1. The average molecular weight is 421 g/mol. The van der Waals surface area contributed by atoms with E-state index < -0.39 is 47.7 Å². The molecule has 0 saturated carbocycles. The summed E-state index contributed by atoms with van der Waals surface area (Å²) >= 11 is 0. The van der Waals surface area contributed by atoms with Crippen LogP contribution in [-0.4, -0.2) is 23.3 Å². The Morgan fingerprint density at radius 3 is 2.00 bits per heavy atom. The first-order chi connectivity index (χ1) is 13.4. The van der Waals surface area contributed by atoms with E-state index in [1.54, 1.807) is 18.2 Å². The van der Waals surface area contributed by atoms with E-state index in [0.29, 0.717) is 23.8 Å². The highest BCUT2D eigenvalue weighted by Gasteiger charge is 2.64. The van der Waals surface area contributed by atoms with E-state index in [4.69, 9.17) is 0 Å². The van der Waals surface area contributed by atoms with Crippen molar-refractivity contribution in [3.05, 3.63) is 71.3 Å². The number of ether oxygens (including phenoxy) is 1. The van der Waals surface area contributed by atoms with Gasteiger partial charge in [0.15, 0.2) is 0 Å². The fourth-order valence-corrected chi connectivity index (χ4v) is 2.45. The highest BCUT2D eigenvalue weighted by Crippen LogP contribution is 2.41. The molecule has 29 heavy (non-hydrogen) atoms. The summed E-state index contributed by atoms with van der Waals surface area (Å²) in [4.78, 5) is 23.5. The first-order valence-electron chi connectivity index (χ1n) is 7.84. The molecule has 5 nitrogen and oxygen atoms in total. The maximum Gasteiger partial charge on any atom is 0.426 e. The Bertz CT molecular complexity index is 882. The topological polar surface area (TPSA) is 75.6 Å². The molecule has 0 bridgehead atoms. The van der Waals surface area contributed by atoms with Gasteiger partial charge in [-0.05, 0) is 23.3 Å². The zero-order chi connectivity index (χ0) is 21.9. The first-order valence-corrected chi connectivity index (χ1v) is 7.84. The number of aliphatic carboxylic acids is 1. The van der Waals surface area contributed by atoms with Crippen molar-refractivity contribution in [1.82, 2.24) is 5.32 Å². The van der Waals surface area contributed by atoms with Crippen molar-refractivity contribution in [2.75, 3.05) is 0 Å². The van der Waals surface area contributed by atoms with Gasteiger partial charge in [-0.1, -0.05) is 42.5 Å². The fourth-order valence-electron chi connectivity index (χ4n) is 2.45. The third kappa shape index (κ3) is 4.79. The molecule has 1 amide bonds. The van der Waals surface area contributed by atoms with Gasteiger partial charge >= 0.3 is 24.4 Å². The first kappa shape index (κ1) is 22.1. The predicted octanol–water partition coefficient (Wildman–Crippen LogP) is 4.47. The van der Waals surface area contributed by atoms with E-state index in [-0.39, 0.29) is 6.07 Å². The molecule has 156 valence electrons. The summed E-state index contributed by atoms with van der Waals surface area (Å²) in [6.45, 7) is -0.483. The number of nitrogens with one attached hydrogen (secondary N) is 1. The third-order valence-corrected chi connectivity index (χ3v) is 3.87. The van der Waals surface area contributed by atoms with Gasteiger partial charge < -0.3 is 9.84 Å². The van der Waals surface area contributed by atoms with Crippen molar-refractivity contribution in [2.45, 2.75) is 24.5 Å². The Labute approximate surface area is 159 Å². The largest absolute Gasteiger partial charge is 0.479 e. The molecule has 1 unspecified atom stereocenters. The second kappa shape index (κ2) is 8.02. The summed E-state index contributed by atoms with van der Waals surface area (Å²) in [5, 5.41) is 10.5. The second-order valence-electron chi connectivity index (χ2n) is 5.82. The molecule has 1 atom stereocenters. The monoisotopic (exact) mass is 421 g/mol. The molecular weight excluding hydrogens is 408 g/mol. The van der Waals surface area contributed by atoms with Gasteiger partial charge in [0.1, 0.15) is 6.61 Å². The van der Waals surface area contributed by atoms with Gasteiger partial charge in [0.25, 0.3) is 5.54 Å². The Morgan fingerprint density at radius 1 is 0.897 bits per heavy atom. The van der Waals surface area contributed by atoms with Crippen molar-refractivity contribution in [3.63, 3.8) is 0 Å². The van der Waals surface area contributed by atoms with Crippen LogP contribution in [0.25, 0.3) is 0 Å². The second-order valence-corrected chi connectivity index (χ2v) is 5.82. The molecule has 0 aliphatic carbocycles. The summed E-state index contributed by atoms with van der Waals surface area (Å²) in [5.74, 6) is -2.62. The van der Waals surface area contributed by atoms with E-state index in [1.807, 2.05) is 0 Å². The van der Waals surface area contributed by atoms with Crippen molar-refractivity contribution in [1.29, 1.82) is 0 Å². The van der Waals surface area contributed by atoms with E-state index >= 15 is 0 Å². The van der Waals surface area contributed by atoms with Crippen LogP contribution in [0.1, 0.15) is 16.7 Å². The van der Waals surface area contributed by atoms with Crippen LogP contribution in [0.4, 0.5) is 31.1 Å². The number of carboxylic acids is 1. The number of carbonyl (C=O) groups is 2. The van der Waals surface area contributed by atoms with Crippen LogP contribution in [0.2, 0.25) is 0 Å². The van der Waals surface area contributed by atoms with Crippen LogP contribution in [-0.2, 0) is 27.9 Å². The van der Waals surface area contributed by atoms with E-state index in [0.717, 1.165) is 0 Å². The quantitative estimate of drug-likeness (QED) is 0.699. The molecule has 2 N–H and O–H groups in total. The maximum absolute atomic E-state index is 13.7. The minimum atomic E-state index is -5.69. The van der Waals surface area contributed by atoms with Crippen molar-refractivity contribution >= 4 is 12.1 Å². The van der Waals surface area contributed by atoms with E-state index in [9.17, 15) is 41.0 Å². The van der Waals surface area contributed by atoms with Gasteiger partial charge in [0, 0.05) is 0 Å². The Balaban J connectivity index is 2.42. The van der Waals surface area contributed by atoms with Gasteiger partial charge in [-0.25, -0.2) is 9.59 Å². The van der Waals surface area contributed by atoms with Crippen LogP contribution in [0.15, 0.2) is 54.6 Å². The lowest BCUT2D eigenvalue weighted by molar-refractivity contribution is -0.212. The van der Waals surface area contributed by atoms with Gasteiger partial charge in [0.2, 0.25) is 0 Å². The fraction of sp³-hybridized carbons (Fsp3) is 0.222. The zero-order valence-corrected chi connectivity index (χ0v) is 14.3. The highest BCUT2D eigenvalue weighted by molar-refractivity contribution is 5.87. The lowest BCUT2D eigenvalue weighted by Gasteiger charge is -2.32. The van der Waals surface area contributed by atoms with E-state index in [2.05, 4.69) is 4.74 Å². The Morgan fingerprint density at radius 2 is 1.48 bits per heavy atom. The summed E-state index contributed by atoms with van der Waals surface area (Å²) in [5.41, 5.74) is -6.59. The molecule has 11 heteroatoms. The molecule has 0 fully saturated rings. The molecule has 2 rings (SSSR count). The normalized spacial score (nSPS) is 14.0. The molecule has 0 saturated heterocycles. The van der Waals surface area contributed by atoms with Crippen LogP contribution >= 0.6 is 0 Å². The number of hydrogen-bond acceptors (Lipinski definition) is 3. The Kier molecular flexibility index (Phi) is 6.10. The van der Waals surface area contributed by atoms with Gasteiger partial charge in [0.05, 0.1) is 5.56 Å². The van der Waals surface area contributed by atoms with Crippen molar-refractivity contribution < 1.29 is 45.8 Å². The maximum atomic E-state index is 13.7. The van der Waals surface area contributed by atoms with Crippen molar-refractivity contribution in [2.24, 2.45) is 0 Å². The van der Waals surface area contributed by atoms with Crippen LogP contribution < -0.4 is 5.32 Å². The molecule has 0 radical (unpaired) electrons. The SMILES string of the molecule is O=C(NC(C(=O)O)(c1cccc(C(F)(F)F)c1)C(F)(F)F)OCc1ccccc1. The van der Waals surface area contributed by atoms with E-state index in [1.165, 1.54) is 17.4 Å². The van der Waals surface area contributed by atoms with Crippen LogP contribution in [0.3, 0.4) is 0 Å². The molecule has 0 aromatic heterocycles. The standard InChI is InChI=1S/C18H13F6NO4/c19-17(20,21)13-8-4-7-12(9-13)16(14(26)27,18(22,23)24)25-15(28)29-10-11-5-2-1-3-6-11/h1-9H,10H2,(H,25,28)(H,26,27). The van der Waals surface area contributed by atoms with Crippen LogP contribution in [0.5, 0.6) is 0 Å². The number of benzene rings is 2. The summed E-state index contributed by atoms with van der Waals surface area (Å²) < 4.78 is 84.5. The third-order valence-electron chi connectivity index (χ3n) is 3.87. The number of halogens is 6. The molecule has 2 aromatic rings. The lowest BCUT2D eigenvalue weighted by Crippen LogP contribution is -2.61. The number of amides is 1. The average Bonchev–Trinajstić information content (AvgIpc) is 2.63. The lowest BCUT2D eigenvalue weighted by atomic mass is 9.88. The molecule has 0 heterocycles. The highest BCUT2D eigenvalue weighted by atomic mass is 19.4. The minimum Gasteiger partial charge on any atom is -0.479 e. The van der Waals surface area contributed by atoms with Gasteiger partial charge in [-0.3, -0.25) is 5.32 Å². The van der Waals surface area contributed by atoms with Crippen molar-refractivity contribution in [3.8, 4) is 0 Å².